The van der Waals surface area contributed by atoms with E-state index >= 15 is 0 Å². The number of unbranched alkanes of at least 4 members (excludes halogenated alkanes) is 14. The lowest BCUT2D eigenvalue weighted by molar-refractivity contribution is -0.150. The average Bonchev–Trinajstić information content (AvgIpc) is 2.79. The first kappa shape index (κ1) is 32.9. The monoisotopic (exact) mass is 482 g/mol. The lowest BCUT2D eigenvalue weighted by Gasteiger charge is -2.07. The highest BCUT2D eigenvalue weighted by atomic mass is 16.5. The van der Waals surface area contributed by atoms with Gasteiger partial charge in [0.1, 0.15) is 0 Å². The molecule has 34 heavy (non-hydrogen) atoms. The van der Waals surface area contributed by atoms with Crippen LogP contribution < -0.4 is 0 Å². The largest absolute Gasteiger partial charge is 0.466 e. The SMILES string of the molecule is CC(C)CCCCCCCCCCOC(=O)CCC(=O)OCCCCCCCCCCC(C)C. The Kier molecular flexibility index (Phi) is 24.3. The predicted molar refractivity (Wildman–Crippen MR) is 144 cm³/mol. The summed E-state index contributed by atoms with van der Waals surface area (Å²) in [7, 11) is 0. The lowest BCUT2D eigenvalue weighted by Crippen LogP contribution is -2.11. The van der Waals surface area contributed by atoms with Crippen molar-refractivity contribution < 1.29 is 19.1 Å². The van der Waals surface area contributed by atoms with E-state index in [-0.39, 0.29) is 24.8 Å². The Morgan fingerprint density at radius 3 is 1.00 bits per heavy atom. The van der Waals surface area contributed by atoms with Gasteiger partial charge in [-0.1, -0.05) is 130 Å². The molecular formula is C30H58O4. The van der Waals surface area contributed by atoms with Gasteiger partial charge in [-0.3, -0.25) is 9.59 Å². The molecule has 202 valence electrons. The van der Waals surface area contributed by atoms with E-state index in [9.17, 15) is 9.59 Å². The summed E-state index contributed by atoms with van der Waals surface area (Å²) in [4.78, 5) is 23.6. The van der Waals surface area contributed by atoms with E-state index in [4.69, 9.17) is 9.47 Å². The Morgan fingerprint density at radius 1 is 0.441 bits per heavy atom. The number of carbonyl (C=O) groups excluding carboxylic acids is 2. The van der Waals surface area contributed by atoms with Crippen molar-refractivity contribution in [1.82, 2.24) is 0 Å². The minimum Gasteiger partial charge on any atom is -0.466 e. The number of hydrogen-bond donors (Lipinski definition) is 0. The summed E-state index contributed by atoms with van der Waals surface area (Å²) in [5.41, 5.74) is 0. The zero-order valence-electron chi connectivity index (χ0n) is 23.3. The van der Waals surface area contributed by atoms with Gasteiger partial charge in [-0.15, -0.1) is 0 Å². The van der Waals surface area contributed by atoms with Gasteiger partial charge in [-0.2, -0.15) is 0 Å². The normalized spacial score (nSPS) is 11.4. The van der Waals surface area contributed by atoms with Crippen LogP contribution in [-0.4, -0.2) is 25.2 Å². The molecule has 0 aromatic carbocycles. The minimum absolute atomic E-state index is 0.131. The van der Waals surface area contributed by atoms with Gasteiger partial charge in [-0.05, 0) is 24.7 Å². The molecule has 0 radical (unpaired) electrons. The molecule has 4 heteroatoms. The summed E-state index contributed by atoms with van der Waals surface area (Å²) in [6.45, 7) is 10.1. The maximum absolute atomic E-state index is 11.8. The third-order valence-electron chi connectivity index (χ3n) is 6.41. The summed E-state index contributed by atoms with van der Waals surface area (Å²) in [6.07, 6.45) is 22.8. The third-order valence-corrected chi connectivity index (χ3v) is 6.41. The first-order valence-electron chi connectivity index (χ1n) is 14.7. The molecule has 0 aromatic rings. The zero-order chi connectivity index (χ0) is 25.3. The van der Waals surface area contributed by atoms with E-state index in [1.807, 2.05) is 0 Å². The summed E-state index contributed by atoms with van der Waals surface area (Å²) in [5, 5.41) is 0. The fraction of sp³-hybridized carbons (Fsp3) is 0.933. The molecule has 0 amide bonds. The molecule has 0 saturated heterocycles. The van der Waals surface area contributed by atoms with Gasteiger partial charge in [0.15, 0.2) is 0 Å². The van der Waals surface area contributed by atoms with Gasteiger partial charge in [0, 0.05) is 0 Å². The summed E-state index contributed by atoms with van der Waals surface area (Å²) in [5.74, 6) is 1.09. The van der Waals surface area contributed by atoms with Crippen molar-refractivity contribution in [3.63, 3.8) is 0 Å². The van der Waals surface area contributed by atoms with Crippen LogP contribution in [-0.2, 0) is 19.1 Å². The molecule has 0 bridgehead atoms. The third kappa shape index (κ3) is 27.2. The Hall–Kier alpha value is -1.06. The van der Waals surface area contributed by atoms with Gasteiger partial charge in [0.05, 0.1) is 26.1 Å². The van der Waals surface area contributed by atoms with E-state index < -0.39 is 0 Å². The molecule has 0 rings (SSSR count). The first-order chi connectivity index (χ1) is 16.4. The Labute approximate surface area is 212 Å². The molecule has 0 spiro atoms. The lowest BCUT2D eigenvalue weighted by atomic mass is 10.0. The van der Waals surface area contributed by atoms with Crippen LogP contribution in [0.25, 0.3) is 0 Å². The minimum atomic E-state index is -0.282. The van der Waals surface area contributed by atoms with Crippen LogP contribution in [0.2, 0.25) is 0 Å². The molecule has 0 saturated carbocycles. The molecule has 0 aliphatic heterocycles. The van der Waals surface area contributed by atoms with Crippen molar-refractivity contribution in [2.75, 3.05) is 13.2 Å². The standard InChI is InChI=1S/C30H58O4/c1-27(2)21-17-13-9-5-7-11-15-19-25-33-29(31)23-24-30(32)34-26-20-16-12-8-6-10-14-18-22-28(3)4/h27-28H,5-26H2,1-4H3. The fourth-order valence-electron chi connectivity index (χ4n) is 4.15. The van der Waals surface area contributed by atoms with Gasteiger partial charge in [-0.25, -0.2) is 0 Å². The molecule has 0 aliphatic carbocycles. The number of carbonyl (C=O) groups is 2. The number of rotatable bonds is 25. The molecular weight excluding hydrogens is 424 g/mol. The quantitative estimate of drug-likeness (QED) is 0.0961. The maximum Gasteiger partial charge on any atom is 0.306 e. The van der Waals surface area contributed by atoms with E-state index in [1.54, 1.807) is 0 Å². The van der Waals surface area contributed by atoms with Crippen molar-refractivity contribution in [3.05, 3.63) is 0 Å². The molecule has 0 atom stereocenters. The van der Waals surface area contributed by atoms with Crippen molar-refractivity contribution in [2.24, 2.45) is 11.8 Å². The second-order valence-electron chi connectivity index (χ2n) is 11.0. The fourth-order valence-corrected chi connectivity index (χ4v) is 4.15. The topological polar surface area (TPSA) is 52.6 Å². The van der Waals surface area contributed by atoms with Crippen LogP contribution in [0.15, 0.2) is 0 Å². The summed E-state index contributed by atoms with van der Waals surface area (Å²) < 4.78 is 10.5. The van der Waals surface area contributed by atoms with Crippen LogP contribution >= 0.6 is 0 Å². The summed E-state index contributed by atoms with van der Waals surface area (Å²) >= 11 is 0. The zero-order valence-corrected chi connectivity index (χ0v) is 23.3. The number of hydrogen-bond acceptors (Lipinski definition) is 4. The highest BCUT2D eigenvalue weighted by molar-refractivity contribution is 5.77. The predicted octanol–water partition coefficient (Wildman–Crippen LogP) is 9.19. The van der Waals surface area contributed by atoms with Gasteiger partial charge in [0.25, 0.3) is 0 Å². The highest BCUT2D eigenvalue weighted by Gasteiger charge is 2.09. The molecule has 0 aliphatic rings. The van der Waals surface area contributed by atoms with Crippen molar-refractivity contribution in [1.29, 1.82) is 0 Å². The van der Waals surface area contributed by atoms with E-state index in [0.29, 0.717) is 13.2 Å². The van der Waals surface area contributed by atoms with Crippen molar-refractivity contribution in [3.8, 4) is 0 Å². The van der Waals surface area contributed by atoms with Gasteiger partial charge in [0.2, 0.25) is 0 Å². The molecule has 0 fully saturated rings. The van der Waals surface area contributed by atoms with Crippen molar-refractivity contribution in [2.45, 2.75) is 156 Å². The van der Waals surface area contributed by atoms with E-state index in [1.165, 1.54) is 89.9 Å². The van der Waals surface area contributed by atoms with Crippen LogP contribution in [0, 0.1) is 11.8 Å². The van der Waals surface area contributed by atoms with E-state index in [0.717, 1.165) is 37.5 Å². The molecule has 0 heterocycles. The van der Waals surface area contributed by atoms with Gasteiger partial charge < -0.3 is 9.47 Å². The molecule has 0 aromatic heterocycles. The van der Waals surface area contributed by atoms with Crippen LogP contribution in [0.3, 0.4) is 0 Å². The second-order valence-corrected chi connectivity index (χ2v) is 11.0. The van der Waals surface area contributed by atoms with Crippen LogP contribution in [0.5, 0.6) is 0 Å². The van der Waals surface area contributed by atoms with Crippen LogP contribution in [0.1, 0.15) is 156 Å². The van der Waals surface area contributed by atoms with Gasteiger partial charge >= 0.3 is 11.9 Å². The smallest absolute Gasteiger partial charge is 0.306 e. The Balaban J connectivity index is 3.32. The van der Waals surface area contributed by atoms with Crippen molar-refractivity contribution >= 4 is 11.9 Å². The van der Waals surface area contributed by atoms with E-state index in [2.05, 4.69) is 27.7 Å². The first-order valence-corrected chi connectivity index (χ1v) is 14.7. The molecule has 0 N–H and O–H groups in total. The number of ether oxygens (including phenoxy) is 2. The average molecular weight is 483 g/mol. The van der Waals surface area contributed by atoms with Crippen LogP contribution in [0.4, 0.5) is 0 Å². The summed E-state index contributed by atoms with van der Waals surface area (Å²) in [6, 6.07) is 0. The number of esters is 2. The molecule has 0 unspecified atom stereocenters. The Bertz CT molecular complexity index is 417. The Morgan fingerprint density at radius 2 is 0.706 bits per heavy atom. The molecule has 4 nitrogen and oxygen atoms in total. The highest BCUT2D eigenvalue weighted by Crippen LogP contribution is 2.14. The second kappa shape index (κ2) is 25.0. The maximum atomic E-state index is 11.8.